The molecule has 1 aromatic rings. The van der Waals surface area contributed by atoms with Crippen LogP contribution in [0.5, 0.6) is 0 Å². The second-order valence-corrected chi connectivity index (χ2v) is 4.00. The minimum absolute atomic E-state index is 0.0408. The summed E-state index contributed by atoms with van der Waals surface area (Å²) in [5.41, 5.74) is 0.278. The van der Waals surface area contributed by atoms with Crippen molar-refractivity contribution in [3.05, 3.63) is 16.5 Å². The number of hydrogen-bond donors (Lipinski definition) is 1. The van der Waals surface area contributed by atoms with E-state index in [0.29, 0.717) is 31.1 Å². The molecule has 0 amide bonds. The highest BCUT2D eigenvalue weighted by atomic mass is 35.5. The molecule has 1 rings (SSSR count). The maximum absolute atomic E-state index is 10.9. The zero-order valence-electron chi connectivity index (χ0n) is 10.2. The Hall–Kier alpha value is -1.20. The lowest BCUT2D eigenvalue weighted by molar-refractivity contribution is 0.112. The molecule has 5 nitrogen and oxygen atoms in total. The van der Waals surface area contributed by atoms with Crippen LogP contribution in [0.2, 0.25) is 5.15 Å². The lowest BCUT2D eigenvalue weighted by atomic mass is 10.3. The van der Waals surface area contributed by atoms with Gasteiger partial charge in [-0.15, -0.1) is 0 Å². The van der Waals surface area contributed by atoms with Gasteiger partial charge in [0.05, 0.1) is 12.2 Å². The maximum Gasteiger partial charge on any atom is 0.156 e. The van der Waals surface area contributed by atoms with Gasteiger partial charge in [0, 0.05) is 12.6 Å². The fraction of sp³-hybridized carbons (Fsp3) is 0.545. The summed E-state index contributed by atoms with van der Waals surface area (Å²) in [6.45, 7) is 6.77. The van der Waals surface area contributed by atoms with E-state index < -0.39 is 0 Å². The van der Waals surface area contributed by atoms with Gasteiger partial charge in [-0.25, -0.2) is 9.97 Å². The minimum atomic E-state index is 0.0408. The van der Waals surface area contributed by atoms with Crippen LogP contribution in [0, 0.1) is 6.92 Å². The Bertz CT molecular complexity index is 399. The highest BCUT2D eigenvalue weighted by Crippen LogP contribution is 2.19. The van der Waals surface area contributed by atoms with Crippen LogP contribution in [0.15, 0.2) is 0 Å². The quantitative estimate of drug-likeness (QED) is 0.624. The zero-order valence-corrected chi connectivity index (χ0v) is 10.9. The first kappa shape index (κ1) is 13.9. The minimum Gasteiger partial charge on any atom is -0.380 e. The molecule has 1 heterocycles. The summed E-state index contributed by atoms with van der Waals surface area (Å²) in [6, 6.07) is 0.0408. The molecule has 1 N–H and O–H groups in total. The molecule has 0 radical (unpaired) electrons. The number of carbonyl (C=O) groups excluding carboxylic acids is 1. The van der Waals surface area contributed by atoms with Crippen molar-refractivity contribution in [1.29, 1.82) is 0 Å². The molecular weight excluding hydrogens is 242 g/mol. The predicted octanol–water partition coefficient (Wildman–Crippen LogP) is 2.09. The van der Waals surface area contributed by atoms with E-state index in [0.717, 1.165) is 0 Å². The molecule has 94 valence electrons. The largest absolute Gasteiger partial charge is 0.380 e. The molecule has 0 aliphatic rings. The summed E-state index contributed by atoms with van der Waals surface area (Å²) < 4.78 is 5.27. The molecule has 0 spiro atoms. The van der Waals surface area contributed by atoms with Crippen LogP contribution in [-0.4, -0.2) is 35.5 Å². The molecule has 1 aromatic heterocycles. The van der Waals surface area contributed by atoms with Gasteiger partial charge in [-0.3, -0.25) is 4.79 Å². The fourth-order valence-corrected chi connectivity index (χ4v) is 1.59. The lowest BCUT2D eigenvalue weighted by Gasteiger charge is -2.16. The Balaban J connectivity index is 2.85. The SMILES string of the molecule is CCOCC(C)Nc1nc(C)nc(Cl)c1C=O. The number of ether oxygens (including phenoxy) is 1. The van der Waals surface area contributed by atoms with Gasteiger partial charge in [0.15, 0.2) is 6.29 Å². The molecule has 0 bridgehead atoms. The molecule has 0 aromatic carbocycles. The first-order chi connectivity index (χ1) is 8.08. The Kier molecular flexibility index (Phi) is 5.31. The average Bonchev–Trinajstić information content (AvgIpc) is 2.25. The number of anilines is 1. The lowest BCUT2D eigenvalue weighted by Crippen LogP contribution is -2.23. The number of aromatic nitrogens is 2. The van der Waals surface area contributed by atoms with E-state index in [1.54, 1.807) is 6.92 Å². The van der Waals surface area contributed by atoms with Crippen molar-refractivity contribution in [3.8, 4) is 0 Å². The van der Waals surface area contributed by atoms with Crippen molar-refractivity contribution in [2.45, 2.75) is 26.8 Å². The van der Waals surface area contributed by atoms with Gasteiger partial charge >= 0.3 is 0 Å². The van der Waals surface area contributed by atoms with Crippen molar-refractivity contribution in [3.63, 3.8) is 0 Å². The topological polar surface area (TPSA) is 64.1 Å². The van der Waals surface area contributed by atoms with Crippen molar-refractivity contribution in [2.75, 3.05) is 18.5 Å². The third kappa shape index (κ3) is 3.94. The maximum atomic E-state index is 10.9. The number of hydrogen-bond acceptors (Lipinski definition) is 5. The first-order valence-corrected chi connectivity index (χ1v) is 5.79. The van der Waals surface area contributed by atoms with Gasteiger partial charge in [-0.05, 0) is 20.8 Å². The van der Waals surface area contributed by atoms with Gasteiger partial charge in [0.2, 0.25) is 0 Å². The summed E-state index contributed by atoms with van der Waals surface area (Å²) in [6.07, 6.45) is 0.650. The number of nitrogens with one attached hydrogen (secondary N) is 1. The van der Waals surface area contributed by atoms with Gasteiger partial charge in [0.1, 0.15) is 16.8 Å². The standard InChI is InChI=1S/C11H16ClN3O2/c1-4-17-6-7(2)13-11-9(5-16)10(12)14-8(3)15-11/h5,7H,4,6H2,1-3H3,(H,13,14,15). The van der Waals surface area contributed by atoms with Gasteiger partial charge < -0.3 is 10.1 Å². The molecule has 0 saturated carbocycles. The highest BCUT2D eigenvalue weighted by molar-refractivity contribution is 6.32. The van der Waals surface area contributed by atoms with Crippen molar-refractivity contribution < 1.29 is 9.53 Å². The predicted molar refractivity (Wildman–Crippen MR) is 66.7 cm³/mol. The highest BCUT2D eigenvalue weighted by Gasteiger charge is 2.13. The van der Waals surface area contributed by atoms with E-state index >= 15 is 0 Å². The Morgan fingerprint density at radius 2 is 2.24 bits per heavy atom. The van der Waals surface area contributed by atoms with E-state index in [1.165, 1.54) is 0 Å². The van der Waals surface area contributed by atoms with Crippen LogP contribution < -0.4 is 5.32 Å². The van der Waals surface area contributed by atoms with Crippen LogP contribution in [-0.2, 0) is 4.74 Å². The second kappa shape index (κ2) is 6.51. The summed E-state index contributed by atoms with van der Waals surface area (Å²) >= 11 is 5.87. The van der Waals surface area contributed by atoms with E-state index in [9.17, 15) is 4.79 Å². The van der Waals surface area contributed by atoms with Crippen molar-refractivity contribution in [1.82, 2.24) is 9.97 Å². The van der Waals surface area contributed by atoms with Crippen LogP contribution >= 0.6 is 11.6 Å². The fourth-order valence-electron chi connectivity index (χ4n) is 1.33. The summed E-state index contributed by atoms with van der Waals surface area (Å²) in [5.74, 6) is 0.969. The Morgan fingerprint density at radius 1 is 1.53 bits per heavy atom. The van der Waals surface area contributed by atoms with Crippen molar-refractivity contribution in [2.24, 2.45) is 0 Å². The normalized spacial score (nSPS) is 12.2. The molecule has 0 saturated heterocycles. The number of aldehydes is 1. The third-order valence-electron chi connectivity index (χ3n) is 2.08. The third-order valence-corrected chi connectivity index (χ3v) is 2.37. The molecule has 1 unspecified atom stereocenters. The smallest absolute Gasteiger partial charge is 0.156 e. The molecule has 1 atom stereocenters. The number of nitrogens with zero attached hydrogens (tertiary/aromatic N) is 2. The van der Waals surface area contributed by atoms with Gasteiger partial charge in [0.25, 0.3) is 0 Å². The molecular formula is C11H16ClN3O2. The Morgan fingerprint density at radius 3 is 2.82 bits per heavy atom. The molecule has 17 heavy (non-hydrogen) atoms. The number of aryl methyl sites for hydroxylation is 1. The van der Waals surface area contributed by atoms with Crippen LogP contribution in [0.1, 0.15) is 30.0 Å². The molecule has 0 aliphatic carbocycles. The summed E-state index contributed by atoms with van der Waals surface area (Å²) in [7, 11) is 0. The summed E-state index contributed by atoms with van der Waals surface area (Å²) in [5, 5.41) is 3.25. The Labute approximate surface area is 106 Å². The number of carbonyl (C=O) groups is 1. The van der Waals surface area contributed by atoms with Gasteiger partial charge in [-0.1, -0.05) is 11.6 Å². The van der Waals surface area contributed by atoms with E-state index in [-0.39, 0.29) is 16.8 Å². The number of rotatable bonds is 6. The molecule has 0 fully saturated rings. The van der Waals surface area contributed by atoms with Crippen LogP contribution in [0.3, 0.4) is 0 Å². The van der Waals surface area contributed by atoms with E-state index in [4.69, 9.17) is 16.3 Å². The molecule has 0 aliphatic heterocycles. The zero-order chi connectivity index (χ0) is 12.8. The molecule has 6 heteroatoms. The van der Waals surface area contributed by atoms with Crippen molar-refractivity contribution >= 4 is 23.7 Å². The van der Waals surface area contributed by atoms with Crippen LogP contribution in [0.4, 0.5) is 5.82 Å². The van der Waals surface area contributed by atoms with E-state index in [2.05, 4.69) is 15.3 Å². The average molecular weight is 258 g/mol. The second-order valence-electron chi connectivity index (χ2n) is 3.65. The van der Waals surface area contributed by atoms with E-state index in [1.807, 2.05) is 13.8 Å². The summed E-state index contributed by atoms with van der Waals surface area (Å²) in [4.78, 5) is 19.0. The number of halogens is 1. The monoisotopic (exact) mass is 257 g/mol. The first-order valence-electron chi connectivity index (χ1n) is 5.42. The van der Waals surface area contributed by atoms with Crippen LogP contribution in [0.25, 0.3) is 0 Å². The van der Waals surface area contributed by atoms with Gasteiger partial charge in [-0.2, -0.15) is 0 Å².